The molecule has 0 saturated heterocycles. The van der Waals surface area contributed by atoms with E-state index in [2.05, 4.69) is 46.8 Å². The van der Waals surface area contributed by atoms with Crippen molar-refractivity contribution in [2.24, 2.45) is 0 Å². The zero-order valence-electron chi connectivity index (χ0n) is 11.2. The molecule has 19 heavy (non-hydrogen) atoms. The molecule has 0 aromatic heterocycles. The molecule has 3 heteroatoms. The SMILES string of the molecule is CCN(Cc1ccc(Br)cc1F)c1ccccc1C. The Morgan fingerprint density at radius 3 is 2.53 bits per heavy atom. The summed E-state index contributed by atoms with van der Waals surface area (Å²) in [6.45, 7) is 5.60. The van der Waals surface area contributed by atoms with Gasteiger partial charge in [0.15, 0.2) is 0 Å². The van der Waals surface area contributed by atoms with E-state index in [4.69, 9.17) is 0 Å². The summed E-state index contributed by atoms with van der Waals surface area (Å²) in [7, 11) is 0. The summed E-state index contributed by atoms with van der Waals surface area (Å²) in [6, 6.07) is 13.4. The number of halogens is 2. The van der Waals surface area contributed by atoms with Crippen LogP contribution in [-0.4, -0.2) is 6.54 Å². The molecular weight excluding hydrogens is 305 g/mol. The van der Waals surface area contributed by atoms with E-state index in [0.717, 1.165) is 16.7 Å². The molecular formula is C16H17BrFN. The topological polar surface area (TPSA) is 3.24 Å². The highest BCUT2D eigenvalue weighted by Crippen LogP contribution is 2.23. The molecule has 0 N–H and O–H groups in total. The molecule has 0 atom stereocenters. The van der Waals surface area contributed by atoms with Gasteiger partial charge in [0.1, 0.15) is 5.82 Å². The third-order valence-corrected chi connectivity index (χ3v) is 3.71. The van der Waals surface area contributed by atoms with Crippen molar-refractivity contribution in [3.05, 3.63) is 63.9 Å². The van der Waals surface area contributed by atoms with Crippen LogP contribution in [0.15, 0.2) is 46.9 Å². The normalized spacial score (nSPS) is 10.5. The summed E-state index contributed by atoms with van der Waals surface area (Å²) in [5, 5.41) is 0. The van der Waals surface area contributed by atoms with E-state index in [-0.39, 0.29) is 5.82 Å². The first-order valence-electron chi connectivity index (χ1n) is 6.36. The van der Waals surface area contributed by atoms with Crippen LogP contribution in [0.25, 0.3) is 0 Å². The van der Waals surface area contributed by atoms with Crippen LogP contribution in [0.3, 0.4) is 0 Å². The highest BCUT2D eigenvalue weighted by Gasteiger charge is 2.10. The summed E-state index contributed by atoms with van der Waals surface area (Å²) >= 11 is 3.28. The van der Waals surface area contributed by atoms with Crippen molar-refractivity contribution >= 4 is 21.6 Å². The van der Waals surface area contributed by atoms with Gasteiger partial charge in [0.05, 0.1) is 0 Å². The van der Waals surface area contributed by atoms with Gasteiger partial charge >= 0.3 is 0 Å². The minimum absolute atomic E-state index is 0.165. The second kappa shape index (κ2) is 6.20. The van der Waals surface area contributed by atoms with E-state index >= 15 is 0 Å². The lowest BCUT2D eigenvalue weighted by molar-refractivity contribution is 0.604. The van der Waals surface area contributed by atoms with Crippen LogP contribution >= 0.6 is 15.9 Å². The first-order valence-corrected chi connectivity index (χ1v) is 7.15. The molecule has 0 bridgehead atoms. The van der Waals surface area contributed by atoms with Crippen LogP contribution < -0.4 is 4.90 Å². The van der Waals surface area contributed by atoms with Crippen molar-refractivity contribution in [1.82, 2.24) is 0 Å². The molecule has 0 radical (unpaired) electrons. The van der Waals surface area contributed by atoms with Crippen molar-refractivity contribution in [3.8, 4) is 0 Å². The second-order valence-corrected chi connectivity index (χ2v) is 5.45. The van der Waals surface area contributed by atoms with Crippen LogP contribution in [0.4, 0.5) is 10.1 Å². The average Bonchev–Trinajstić information content (AvgIpc) is 2.39. The molecule has 0 aliphatic heterocycles. The molecule has 0 spiro atoms. The van der Waals surface area contributed by atoms with Gasteiger partial charge < -0.3 is 4.90 Å². The summed E-state index contributed by atoms with van der Waals surface area (Å²) in [4.78, 5) is 2.18. The molecule has 0 heterocycles. The quantitative estimate of drug-likeness (QED) is 0.772. The van der Waals surface area contributed by atoms with Crippen molar-refractivity contribution in [2.75, 3.05) is 11.4 Å². The fraction of sp³-hybridized carbons (Fsp3) is 0.250. The summed E-state index contributed by atoms with van der Waals surface area (Å²) in [5.41, 5.74) is 3.09. The number of benzene rings is 2. The Labute approximate surface area is 122 Å². The van der Waals surface area contributed by atoms with Gasteiger partial charge in [-0.3, -0.25) is 0 Å². The van der Waals surface area contributed by atoms with Crippen LogP contribution in [0, 0.1) is 12.7 Å². The van der Waals surface area contributed by atoms with Crippen LogP contribution in [-0.2, 0) is 6.54 Å². The van der Waals surface area contributed by atoms with E-state index < -0.39 is 0 Å². The van der Waals surface area contributed by atoms with Crippen molar-refractivity contribution in [1.29, 1.82) is 0 Å². The number of aryl methyl sites for hydroxylation is 1. The standard InChI is InChI=1S/C16H17BrFN/c1-3-19(16-7-5-4-6-12(16)2)11-13-8-9-14(17)10-15(13)18/h4-10H,3,11H2,1-2H3. The van der Waals surface area contributed by atoms with Crippen LogP contribution in [0.5, 0.6) is 0 Å². The maximum absolute atomic E-state index is 13.9. The largest absolute Gasteiger partial charge is 0.367 e. The van der Waals surface area contributed by atoms with E-state index in [9.17, 15) is 4.39 Å². The van der Waals surface area contributed by atoms with Gasteiger partial charge in [-0.1, -0.05) is 40.2 Å². The fourth-order valence-corrected chi connectivity index (χ4v) is 2.47. The minimum atomic E-state index is -0.165. The predicted octanol–water partition coefficient (Wildman–Crippen LogP) is 4.92. The van der Waals surface area contributed by atoms with Crippen molar-refractivity contribution in [2.45, 2.75) is 20.4 Å². The minimum Gasteiger partial charge on any atom is -0.367 e. The molecule has 0 aliphatic rings. The summed E-state index contributed by atoms with van der Waals surface area (Å²) in [5.74, 6) is -0.165. The zero-order chi connectivity index (χ0) is 13.8. The lowest BCUT2D eigenvalue weighted by Gasteiger charge is -2.25. The predicted molar refractivity (Wildman–Crippen MR) is 82.0 cm³/mol. The number of para-hydroxylation sites is 1. The molecule has 100 valence electrons. The van der Waals surface area contributed by atoms with Gasteiger partial charge in [-0.05, 0) is 37.6 Å². The molecule has 2 rings (SSSR count). The van der Waals surface area contributed by atoms with Gasteiger partial charge in [-0.15, -0.1) is 0 Å². The van der Waals surface area contributed by atoms with Crippen molar-refractivity contribution in [3.63, 3.8) is 0 Å². The van der Waals surface area contributed by atoms with Crippen LogP contribution in [0.1, 0.15) is 18.1 Å². The Morgan fingerprint density at radius 1 is 1.16 bits per heavy atom. The molecule has 1 nitrogen and oxygen atoms in total. The van der Waals surface area contributed by atoms with Gasteiger partial charge in [0.25, 0.3) is 0 Å². The fourth-order valence-electron chi connectivity index (χ4n) is 2.14. The highest BCUT2D eigenvalue weighted by molar-refractivity contribution is 9.10. The Hall–Kier alpha value is -1.35. The molecule has 2 aromatic carbocycles. The molecule has 2 aromatic rings. The average molecular weight is 322 g/mol. The number of nitrogens with zero attached hydrogens (tertiary/aromatic N) is 1. The van der Waals surface area contributed by atoms with E-state index in [1.165, 1.54) is 11.6 Å². The van der Waals surface area contributed by atoms with Crippen LogP contribution in [0.2, 0.25) is 0 Å². The van der Waals surface area contributed by atoms with Crippen molar-refractivity contribution < 1.29 is 4.39 Å². The third kappa shape index (κ3) is 3.35. The first-order chi connectivity index (χ1) is 9.11. The Balaban J connectivity index is 2.27. The number of rotatable bonds is 4. The lowest BCUT2D eigenvalue weighted by Crippen LogP contribution is -2.23. The number of hydrogen-bond acceptors (Lipinski definition) is 1. The Bertz CT molecular complexity index is 568. The Kier molecular flexibility index (Phi) is 4.59. The first kappa shape index (κ1) is 14.1. The van der Waals surface area contributed by atoms with Gasteiger partial charge in [-0.2, -0.15) is 0 Å². The smallest absolute Gasteiger partial charge is 0.129 e. The van der Waals surface area contributed by atoms with E-state index in [1.807, 2.05) is 24.3 Å². The summed E-state index contributed by atoms with van der Waals surface area (Å²) in [6.07, 6.45) is 0. The molecule has 0 amide bonds. The monoisotopic (exact) mass is 321 g/mol. The van der Waals surface area contributed by atoms with E-state index in [0.29, 0.717) is 12.1 Å². The Morgan fingerprint density at radius 2 is 1.89 bits per heavy atom. The second-order valence-electron chi connectivity index (χ2n) is 4.54. The molecule has 0 fully saturated rings. The highest BCUT2D eigenvalue weighted by atomic mass is 79.9. The van der Waals surface area contributed by atoms with E-state index in [1.54, 1.807) is 0 Å². The van der Waals surface area contributed by atoms with Gasteiger partial charge in [0.2, 0.25) is 0 Å². The summed E-state index contributed by atoms with van der Waals surface area (Å²) < 4.78 is 14.7. The number of anilines is 1. The number of hydrogen-bond donors (Lipinski definition) is 0. The molecule has 0 saturated carbocycles. The van der Waals surface area contributed by atoms with Gasteiger partial charge in [0, 0.05) is 28.8 Å². The maximum atomic E-state index is 13.9. The lowest BCUT2D eigenvalue weighted by atomic mass is 10.1. The third-order valence-electron chi connectivity index (χ3n) is 3.21. The maximum Gasteiger partial charge on any atom is 0.129 e. The molecule has 0 unspecified atom stereocenters. The zero-order valence-corrected chi connectivity index (χ0v) is 12.7. The van der Waals surface area contributed by atoms with Gasteiger partial charge in [-0.25, -0.2) is 4.39 Å². The molecule has 0 aliphatic carbocycles.